The van der Waals surface area contributed by atoms with Crippen LogP contribution >= 0.6 is 0 Å². The number of amides is 2. The molecular formula is C16H12BNO4. The average Bonchev–Trinajstić information content (AvgIpc) is 3.00. The molecule has 0 spiro atoms. The molecule has 0 unspecified atom stereocenters. The van der Waals surface area contributed by atoms with E-state index in [1.165, 1.54) is 5.46 Å². The van der Waals surface area contributed by atoms with E-state index >= 15 is 0 Å². The minimum Gasteiger partial charge on any atom is -0.457 e. The van der Waals surface area contributed by atoms with Crippen molar-refractivity contribution in [3.8, 4) is 11.5 Å². The molecule has 2 aromatic carbocycles. The summed E-state index contributed by atoms with van der Waals surface area (Å²) in [4.78, 5) is 23.2. The van der Waals surface area contributed by atoms with Crippen molar-refractivity contribution < 1.29 is 19.0 Å². The summed E-state index contributed by atoms with van der Waals surface area (Å²) in [5.41, 5.74) is 3.01. The Balaban J connectivity index is 1.64. The SMILES string of the molecule is CB1OCc2cc(Oc3ccc4c(c3)C(=O)NC4=O)ccc21. The topological polar surface area (TPSA) is 64.6 Å². The lowest BCUT2D eigenvalue weighted by atomic mass is 9.64. The lowest BCUT2D eigenvalue weighted by molar-refractivity contribution is 0.0879. The summed E-state index contributed by atoms with van der Waals surface area (Å²) in [7, 11) is 0. The fourth-order valence-corrected chi connectivity index (χ4v) is 2.82. The van der Waals surface area contributed by atoms with Crippen molar-refractivity contribution in [2.75, 3.05) is 0 Å². The average molecular weight is 293 g/mol. The number of carbonyl (C=O) groups is 2. The van der Waals surface area contributed by atoms with Crippen LogP contribution in [0.15, 0.2) is 36.4 Å². The van der Waals surface area contributed by atoms with Gasteiger partial charge >= 0.3 is 6.92 Å². The molecule has 0 saturated carbocycles. The van der Waals surface area contributed by atoms with Crippen LogP contribution in [-0.2, 0) is 11.3 Å². The van der Waals surface area contributed by atoms with Crippen LogP contribution in [0, 0.1) is 0 Å². The predicted molar refractivity (Wildman–Crippen MR) is 80.8 cm³/mol. The summed E-state index contributed by atoms with van der Waals surface area (Å²) in [6, 6.07) is 10.7. The van der Waals surface area contributed by atoms with Gasteiger partial charge in [-0.1, -0.05) is 12.9 Å². The zero-order valence-corrected chi connectivity index (χ0v) is 11.9. The van der Waals surface area contributed by atoms with Crippen molar-refractivity contribution in [1.29, 1.82) is 0 Å². The molecule has 2 amide bonds. The van der Waals surface area contributed by atoms with Gasteiger partial charge in [-0.25, -0.2) is 0 Å². The van der Waals surface area contributed by atoms with E-state index in [1.54, 1.807) is 18.2 Å². The summed E-state index contributed by atoms with van der Waals surface area (Å²) < 4.78 is 11.4. The number of fused-ring (bicyclic) bond motifs is 2. The number of nitrogens with one attached hydrogen (secondary N) is 1. The van der Waals surface area contributed by atoms with Gasteiger partial charge in [-0.3, -0.25) is 14.9 Å². The Morgan fingerprint density at radius 1 is 1.05 bits per heavy atom. The fraction of sp³-hybridized carbons (Fsp3) is 0.125. The number of benzene rings is 2. The van der Waals surface area contributed by atoms with E-state index in [2.05, 4.69) is 5.32 Å². The monoisotopic (exact) mass is 293 g/mol. The van der Waals surface area contributed by atoms with Crippen LogP contribution in [0.4, 0.5) is 0 Å². The van der Waals surface area contributed by atoms with Crippen LogP contribution in [0.25, 0.3) is 0 Å². The summed E-state index contributed by atoms with van der Waals surface area (Å²) in [6.45, 7) is 2.70. The Morgan fingerprint density at radius 2 is 1.77 bits per heavy atom. The molecule has 22 heavy (non-hydrogen) atoms. The zero-order chi connectivity index (χ0) is 15.3. The number of carbonyl (C=O) groups excluding carboxylic acids is 2. The Bertz CT molecular complexity index is 818. The normalized spacial score (nSPS) is 15.6. The molecule has 108 valence electrons. The smallest absolute Gasteiger partial charge is 0.324 e. The molecule has 0 atom stereocenters. The van der Waals surface area contributed by atoms with Gasteiger partial charge in [-0.05, 0) is 41.4 Å². The molecule has 2 aliphatic heterocycles. The van der Waals surface area contributed by atoms with Gasteiger partial charge in [0.15, 0.2) is 0 Å². The highest BCUT2D eigenvalue weighted by atomic mass is 16.5. The van der Waals surface area contributed by atoms with Gasteiger partial charge in [0, 0.05) is 0 Å². The molecule has 0 bridgehead atoms. The van der Waals surface area contributed by atoms with Gasteiger partial charge in [-0.2, -0.15) is 0 Å². The summed E-state index contributed by atoms with van der Waals surface area (Å²) in [5, 5.41) is 2.26. The predicted octanol–water partition coefficient (Wildman–Crippen LogP) is 1.72. The molecule has 0 saturated heterocycles. The number of ether oxygens (including phenoxy) is 1. The fourth-order valence-electron chi connectivity index (χ4n) is 2.82. The van der Waals surface area contributed by atoms with Crippen molar-refractivity contribution >= 4 is 24.2 Å². The van der Waals surface area contributed by atoms with E-state index in [-0.39, 0.29) is 18.7 Å². The van der Waals surface area contributed by atoms with Crippen LogP contribution in [0.1, 0.15) is 26.3 Å². The molecule has 0 aromatic heterocycles. The molecule has 2 heterocycles. The first-order chi connectivity index (χ1) is 10.6. The van der Waals surface area contributed by atoms with Crippen LogP contribution in [0.2, 0.25) is 6.82 Å². The van der Waals surface area contributed by atoms with Gasteiger partial charge < -0.3 is 9.39 Å². The molecule has 4 rings (SSSR count). The van der Waals surface area contributed by atoms with Crippen molar-refractivity contribution in [3.05, 3.63) is 53.1 Å². The molecule has 0 radical (unpaired) electrons. The van der Waals surface area contributed by atoms with Crippen molar-refractivity contribution in [2.24, 2.45) is 0 Å². The standard InChI is InChI=1S/C16H12BNO4/c1-17-14-5-3-10(6-9(14)8-21-17)22-11-2-4-12-13(7-11)16(20)18-15(12)19/h2-7H,8H2,1H3,(H,18,19,20). The van der Waals surface area contributed by atoms with E-state index in [4.69, 9.17) is 9.39 Å². The van der Waals surface area contributed by atoms with Gasteiger partial charge in [-0.15, -0.1) is 0 Å². The Hall–Kier alpha value is -2.60. The van der Waals surface area contributed by atoms with Gasteiger partial charge in [0.05, 0.1) is 17.7 Å². The first kappa shape index (κ1) is 13.1. The van der Waals surface area contributed by atoms with Crippen molar-refractivity contribution in [2.45, 2.75) is 13.4 Å². The molecule has 5 nitrogen and oxygen atoms in total. The van der Waals surface area contributed by atoms with Crippen LogP contribution in [0.3, 0.4) is 0 Å². The third-order valence-corrected chi connectivity index (χ3v) is 3.98. The third-order valence-electron chi connectivity index (χ3n) is 3.98. The van der Waals surface area contributed by atoms with E-state index in [0.29, 0.717) is 29.2 Å². The lowest BCUT2D eigenvalue weighted by Gasteiger charge is -2.08. The summed E-state index contributed by atoms with van der Waals surface area (Å²) in [5.74, 6) is 0.452. The summed E-state index contributed by atoms with van der Waals surface area (Å²) >= 11 is 0. The number of hydrogen-bond acceptors (Lipinski definition) is 4. The van der Waals surface area contributed by atoms with E-state index in [9.17, 15) is 9.59 Å². The molecule has 0 fully saturated rings. The van der Waals surface area contributed by atoms with Crippen LogP contribution in [-0.4, -0.2) is 18.7 Å². The maximum atomic E-state index is 11.7. The van der Waals surface area contributed by atoms with E-state index in [0.717, 1.165) is 5.56 Å². The van der Waals surface area contributed by atoms with Crippen molar-refractivity contribution in [3.63, 3.8) is 0 Å². The van der Waals surface area contributed by atoms with Gasteiger partial charge in [0.1, 0.15) is 11.5 Å². The quantitative estimate of drug-likeness (QED) is 0.676. The Morgan fingerprint density at radius 3 is 2.64 bits per heavy atom. The second-order valence-corrected chi connectivity index (χ2v) is 5.41. The van der Waals surface area contributed by atoms with E-state index < -0.39 is 0 Å². The molecule has 0 aliphatic carbocycles. The lowest BCUT2D eigenvalue weighted by Crippen LogP contribution is -2.23. The van der Waals surface area contributed by atoms with Gasteiger partial charge in [0.2, 0.25) is 0 Å². The third kappa shape index (κ3) is 2.00. The molecular weight excluding hydrogens is 281 g/mol. The van der Waals surface area contributed by atoms with Crippen LogP contribution < -0.4 is 15.5 Å². The Kier molecular flexibility index (Phi) is 2.80. The minimum atomic E-state index is -0.387. The molecule has 1 N–H and O–H groups in total. The van der Waals surface area contributed by atoms with Crippen LogP contribution in [0.5, 0.6) is 11.5 Å². The highest BCUT2D eigenvalue weighted by Gasteiger charge is 2.27. The Labute approximate surface area is 127 Å². The summed E-state index contributed by atoms with van der Waals surface area (Å²) in [6.07, 6.45) is 0. The highest BCUT2D eigenvalue weighted by molar-refractivity contribution is 6.67. The second-order valence-electron chi connectivity index (χ2n) is 5.41. The molecule has 2 aromatic rings. The number of hydrogen-bond donors (Lipinski definition) is 1. The zero-order valence-electron chi connectivity index (χ0n) is 11.9. The van der Waals surface area contributed by atoms with Gasteiger partial charge in [0.25, 0.3) is 11.8 Å². The number of imide groups is 1. The molecule has 6 heteroatoms. The second kappa shape index (κ2) is 4.71. The van der Waals surface area contributed by atoms with E-state index in [1.807, 2.05) is 25.0 Å². The first-order valence-electron chi connectivity index (χ1n) is 7.04. The largest absolute Gasteiger partial charge is 0.457 e. The maximum Gasteiger partial charge on any atom is 0.324 e. The minimum absolute atomic E-state index is 0.110. The number of rotatable bonds is 2. The van der Waals surface area contributed by atoms with Crippen molar-refractivity contribution in [1.82, 2.24) is 5.32 Å². The molecule has 2 aliphatic rings. The highest BCUT2D eigenvalue weighted by Crippen LogP contribution is 2.27. The maximum absolute atomic E-state index is 11.7. The first-order valence-corrected chi connectivity index (χ1v) is 7.04.